The first-order chi connectivity index (χ1) is 9.60. The van der Waals surface area contributed by atoms with Crippen LogP contribution in [0.1, 0.15) is 44.1 Å². The summed E-state index contributed by atoms with van der Waals surface area (Å²) in [7, 11) is 0. The van der Waals surface area contributed by atoms with Gasteiger partial charge in [0.25, 0.3) is 0 Å². The summed E-state index contributed by atoms with van der Waals surface area (Å²) in [4.78, 5) is 12.6. The van der Waals surface area contributed by atoms with Crippen molar-refractivity contribution in [2.75, 3.05) is 0 Å². The van der Waals surface area contributed by atoms with Crippen molar-refractivity contribution in [2.45, 2.75) is 56.1 Å². The molecule has 1 amide bonds. The van der Waals surface area contributed by atoms with E-state index in [1.807, 2.05) is 24.3 Å². The number of carbonyl (C=O) groups is 1. The molecule has 2 saturated carbocycles. The van der Waals surface area contributed by atoms with Crippen LogP contribution in [0.4, 0.5) is 0 Å². The van der Waals surface area contributed by atoms with Crippen molar-refractivity contribution < 1.29 is 9.90 Å². The highest BCUT2D eigenvalue weighted by molar-refractivity contribution is 6.30. The van der Waals surface area contributed by atoms with Gasteiger partial charge >= 0.3 is 0 Å². The lowest BCUT2D eigenvalue weighted by molar-refractivity contribution is -0.124. The van der Waals surface area contributed by atoms with Gasteiger partial charge in [0.05, 0.1) is 11.5 Å². The minimum atomic E-state index is -0.333. The van der Waals surface area contributed by atoms with E-state index in [1.165, 1.54) is 0 Å². The molecule has 0 saturated heterocycles. The Hall–Kier alpha value is -1.06. The number of hydrogen-bond donors (Lipinski definition) is 2. The molecule has 0 aromatic heterocycles. The monoisotopic (exact) mass is 293 g/mol. The Morgan fingerprint density at radius 3 is 2.30 bits per heavy atom. The molecule has 3 nitrogen and oxygen atoms in total. The van der Waals surface area contributed by atoms with Crippen molar-refractivity contribution in [3.05, 3.63) is 34.9 Å². The van der Waals surface area contributed by atoms with Gasteiger partial charge in [0.1, 0.15) is 0 Å². The van der Waals surface area contributed by atoms with E-state index in [0.29, 0.717) is 5.02 Å². The number of halogens is 1. The number of rotatable bonds is 3. The van der Waals surface area contributed by atoms with Crippen LogP contribution >= 0.6 is 11.6 Å². The van der Waals surface area contributed by atoms with Crippen LogP contribution < -0.4 is 5.32 Å². The lowest BCUT2D eigenvalue weighted by Crippen LogP contribution is -2.43. The fraction of sp³-hybridized carbons (Fsp3) is 0.562. The van der Waals surface area contributed by atoms with Crippen LogP contribution in [0, 0.1) is 0 Å². The number of aliphatic hydroxyl groups excluding tert-OH is 1. The minimum Gasteiger partial charge on any atom is -0.393 e. The first-order valence-electron chi connectivity index (χ1n) is 7.35. The van der Waals surface area contributed by atoms with E-state index in [2.05, 4.69) is 5.32 Å². The molecule has 0 spiro atoms. The van der Waals surface area contributed by atoms with Gasteiger partial charge < -0.3 is 10.4 Å². The molecule has 1 aromatic carbocycles. The number of benzene rings is 1. The lowest BCUT2D eigenvalue weighted by Gasteiger charge is -2.28. The third-order valence-corrected chi connectivity index (χ3v) is 4.87. The quantitative estimate of drug-likeness (QED) is 0.900. The molecule has 2 aliphatic carbocycles. The lowest BCUT2D eigenvalue weighted by atomic mass is 9.90. The van der Waals surface area contributed by atoms with Gasteiger partial charge in [0, 0.05) is 11.1 Å². The summed E-state index contributed by atoms with van der Waals surface area (Å²) in [5.41, 5.74) is 0.732. The van der Waals surface area contributed by atoms with E-state index in [9.17, 15) is 9.90 Å². The standard InChI is InChI=1S/C16H20ClNO2/c17-12-3-1-11(2-4-12)16(9-10-16)15(20)18-13-5-7-14(19)8-6-13/h1-4,13-14,19H,5-10H2,(H,18,20). The van der Waals surface area contributed by atoms with Crippen molar-refractivity contribution in [1.29, 1.82) is 0 Å². The summed E-state index contributed by atoms with van der Waals surface area (Å²) >= 11 is 5.91. The molecule has 0 heterocycles. The number of nitrogens with one attached hydrogen (secondary N) is 1. The van der Waals surface area contributed by atoms with Gasteiger partial charge in [-0.25, -0.2) is 0 Å². The number of amides is 1. The molecular formula is C16H20ClNO2. The smallest absolute Gasteiger partial charge is 0.230 e. The molecule has 1 aromatic rings. The first-order valence-corrected chi connectivity index (χ1v) is 7.73. The summed E-state index contributed by atoms with van der Waals surface area (Å²) in [5.74, 6) is 0.140. The van der Waals surface area contributed by atoms with Crippen LogP contribution in [0.2, 0.25) is 5.02 Å². The van der Waals surface area contributed by atoms with Crippen LogP contribution in [0.5, 0.6) is 0 Å². The third kappa shape index (κ3) is 2.70. The number of carbonyl (C=O) groups excluding carboxylic acids is 1. The molecule has 3 rings (SSSR count). The molecule has 0 radical (unpaired) electrons. The van der Waals surface area contributed by atoms with Crippen molar-refractivity contribution in [1.82, 2.24) is 5.32 Å². The molecule has 4 heteroatoms. The maximum absolute atomic E-state index is 12.6. The van der Waals surface area contributed by atoms with Crippen molar-refractivity contribution in [3.8, 4) is 0 Å². The Morgan fingerprint density at radius 2 is 1.75 bits per heavy atom. The van der Waals surface area contributed by atoms with Gasteiger partial charge in [-0.3, -0.25) is 4.79 Å². The molecule has 2 aliphatic rings. The Morgan fingerprint density at radius 1 is 1.15 bits per heavy atom. The molecule has 2 fully saturated rings. The SMILES string of the molecule is O=C(NC1CCC(O)CC1)C1(c2ccc(Cl)cc2)CC1. The van der Waals surface area contributed by atoms with Gasteiger partial charge in [-0.1, -0.05) is 23.7 Å². The van der Waals surface area contributed by atoms with Gasteiger partial charge in [-0.05, 0) is 56.2 Å². The second kappa shape index (κ2) is 5.38. The second-order valence-corrected chi connectivity index (χ2v) is 6.50. The Kier molecular flexibility index (Phi) is 3.74. The topological polar surface area (TPSA) is 49.3 Å². The van der Waals surface area contributed by atoms with E-state index >= 15 is 0 Å². The molecule has 0 bridgehead atoms. The normalized spacial score (nSPS) is 27.9. The highest BCUT2D eigenvalue weighted by Crippen LogP contribution is 2.48. The highest BCUT2D eigenvalue weighted by atomic mass is 35.5. The summed E-state index contributed by atoms with van der Waals surface area (Å²) in [6.45, 7) is 0. The molecule has 20 heavy (non-hydrogen) atoms. The van der Waals surface area contributed by atoms with E-state index < -0.39 is 0 Å². The summed E-state index contributed by atoms with van der Waals surface area (Å²) in [6, 6.07) is 7.83. The van der Waals surface area contributed by atoms with Crippen molar-refractivity contribution >= 4 is 17.5 Å². The number of hydrogen-bond acceptors (Lipinski definition) is 2. The Labute approximate surface area is 124 Å². The second-order valence-electron chi connectivity index (χ2n) is 6.07. The van der Waals surface area contributed by atoms with Crippen molar-refractivity contribution in [3.63, 3.8) is 0 Å². The first kappa shape index (κ1) is 13.9. The van der Waals surface area contributed by atoms with E-state index in [0.717, 1.165) is 44.1 Å². The zero-order chi connectivity index (χ0) is 14.2. The molecule has 2 N–H and O–H groups in total. The predicted octanol–water partition coefficient (Wildman–Crippen LogP) is 2.79. The van der Waals surface area contributed by atoms with Gasteiger partial charge in [0.15, 0.2) is 0 Å². The Bertz CT molecular complexity index is 488. The predicted molar refractivity (Wildman–Crippen MR) is 78.8 cm³/mol. The third-order valence-electron chi connectivity index (χ3n) is 4.61. The van der Waals surface area contributed by atoms with Crippen LogP contribution in [-0.2, 0) is 10.2 Å². The molecule has 0 atom stereocenters. The zero-order valence-electron chi connectivity index (χ0n) is 11.4. The zero-order valence-corrected chi connectivity index (χ0v) is 12.2. The van der Waals surface area contributed by atoms with E-state index in [-0.39, 0.29) is 23.5 Å². The average molecular weight is 294 g/mol. The summed E-state index contributed by atoms with van der Waals surface area (Å²) in [6.07, 6.45) is 4.98. The maximum atomic E-state index is 12.6. The van der Waals surface area contributed by atoms with Crippen LogP contribution in [0.15, 0.2) is 24.3 Å². The average Bonchev–Trinajstić information content (AvgIpc) is 3.24. The van der Waals surface area contributed by atoms with Crippen LogP contribution in [0.3, 0.4) is 0 Å². The van der Waals surface area contributed by atoms with Crippen molar-refractivity contribution in [2.24, 2.45) is 0 Å². The minimum absolute atomic E-state index is 0.140. The molecular weight excluding hydrogens is 274 g/mol. The van der Waals surface area contributed by atoms with Gasteiger partial charge in [-0.15, -0.1) is 0 Å². The van der Waals surface area contributed by atoms with E-state index in [1.54, 1.807) is 0 Å². The van der Waals surface area contributed by atoms with Crippen LogP contribution in [-0.4, -0.2) is 23.2 Å². The maximum Gasteiger partial charge on any atom is 0.230 e. The molecule has 108 valence electrons. The van der Waals surface area contributed by atoms with Gasteiger partial charge in [0.2, 0.25) is 5.91 Å². The Balaban J connectivity index is 1.66. The van der Waals surface area contributed by atoms with Crippen LogP contribution in [0.25, 0.3) is 0 Å². The summed E-state index contributed by atoms with van der Waals surface area (Å²) < 4.78 is 0. The molecule has 0 unspecified atom stereocenters. The summed E-state index contributed by atoms with van der Waals surface area (Å²) in [5, 5.41) is 13.4. The fourth-order valence-corrected chi connectivity index (χ4v) is 3.21. The number of aliphatic hydroxyl groups is 1. The largest absolute Gasteiger partial charge is 0.393 e. The molecule has 0 aliphatic heterocycles. The van der Waals surface area contributed by atoms with E-state index in [4.69, 9.17) is 11.6 Å². The van der Waals surface area contributed by atoms with Gasteiger partial charge in [-0.2, -0.15) is 0 Å². The fourth-order valence-electron chi connectivity index (χ4n) is 3.08. The highest BCUT2D eigenvalue weighted by Gasteiger charge is 2.51.